The molecule has 0 aliphatic rings. The third-order valence-electron chi connectivity index (χ3n) is 9.39. The molecule has 1 N–H and O–H groups in total. The van der Waals surface area contributed by atoms with Gasteiger partial charge < -0.3 is 5.32 Å². The van der Waals surface area contributed by atoms with Crippen LogP contribution in [0.15, 0.2) is 91.8 Å². The number of pyridine rings is 2. The molecule has 8 aromatic rings. The molecule has 0 bridgehead atoms. The smallest absolute Gasteiger partial charge is 0.381 e. The molecule has 0 spiro atoms. The fourth-order valence-corrected chi connectivity index (χ4v) is 6.28. The molecule has 1 unspecified atom stereocenters. The van der Waals surface area contributed by atoms with E-state index in [-0.39, 0.29) is 58.5 Å². The average molecular weight is 842 g/mol. The molecule has 0 radical (unpaired) electrons. The van der Waals surface area contributed by atoms with Crippen molar-refractivity contribution in [1.29, 1.82) is 0 Å². The number of ketones is 2. The first-order valence-electron chi connectivity index (χ1n) is 19.9. The van der Waals surface area contributed by atoms with E-state index < -0.39 is 5.92 Å². The van der Waals surface area contributed by atoms with E-state index in [2.05, 4.69) is 71.0 Å². The summed E-state index contributed by atoms with van der Waals surface area (Å²) in [6.07, 6.45) is 9.71. The molecular weight excluding hydrogens is 803 g/mol. The number of hydrogen-bond acceptors (Lipinski definition) is 19. The Bertz CT molecular complexity index is 2900. The van der Waals surface area contributed by atoms with Gasteiger partial charge in [0, 0.05) is 75.7 Å². The monoisotopic (exact) mass is 841 g/mol. The molecule has 0 aliphatic heterocycles. The molecule has 7 aromatic heterocycles. The van der Waals surface area contributed by atoms with E-state index in [1.807, 2.05) is 40.7 Å². The minimum atomic E-state index is -0.469. The summed E-state index contributed by atoms with van der Waals surface area (Å²) in [6.45, 7) is 11.2. The first kappa shape index (κ1) is 41.4. The highest BCUT2D eigenvalue weighted by molar-refractivity contribution is 5.98. The number of Topliss-reactive ketones (excluding diaryl/α,β-unsaturated/α-hetero) is 2. The predicted octanol–water partition coefficient (Wildman–Crippen LogP) is 3.26. The van der Waals surface area contributed by atoms with Crippen molar-refractivity contribution in [2.45, 2.75) is 54.0 Å². The normalized spacial score (nSPS) is 11.7. The van der Waals surface area contributed by atoms with Gasteiger partial charge in [-0.1, -0.05) is 45.0 Å². The number of aromatic nitrogens is 18. The molecule has 0 saturated carbocycles. The SMILES string of the molecule is Cc1nnc(-c2ccc(C(=O)C(C)Cc3cc(-c4nnc(-c5ncccn5)n[n+]4-[n+]4nc(-c5ncccn5)nnc4-c4ccc(C(=O)C(C)C)cn4)ncc3NC(C)C)cc2)nn1. The molecule has 312 valence electrons. The summed E-state index contributed by atoms with van der Waals surface area (Å²) in [7, 11) is 0. The molecular formula is C42H39N19O2+2. The highest BCUT2D eigenvalue weighted by atomic mass is 16.1. The topological polar surface area (TPSA) is 260 Å². The number of carbonyl (C=O) groups excluding carboxylic acids is 2. The van der Waals surface area contributed by atoms with Crippen LogP contribution in [-0.2, 0) is 6.42 Å². The maximum absolute atomic E-state index is 14.0. The van der Waals surface area contributed by atoms with E-state index in [1.54, 1.807) is 86.4 Å². The zero-order chi connectivity index (χ0) is 44.0. The fourth-order valence-electron chi connectivity index (χ4n) is 6.28. The van der Waals surface area contributed by atoms with Crippen LogP contribution in [0.5, 0.6) is 0 Å². The minimum Gasteiger partial charge on any atom is -0.381 e. The molecule has 8 rings (SSSR count). The van der Waals surface area contributed by atoms with E-state index >= 15 is 0 Å². The number of nitrogens with one attached hydrogen (secondary N) is 1. The second-order valence-electron chi connectivity index (χ2n) is 14.9. The van der Waals surface area contributed by atoms with Crippen molar-refractivity contribution in [1.82, 2.24) is 80.9 Å². The second-order valence-corrected chi connectivity index (χ2v) is 14.9. The van der Waals surface area contributed by atoms with E-state index in [0.29, 0.717) is 46.1 Å². The van der Waals surface area contributed by atoms with E-state index in [1.165, 1.54) is 15.8 Å². The lowest BCUT2D eigenvalue weighted by atomic mass is 9.91. The summed E-state index contributed by atoms with van der Waals surface area (Å²) in [6, 6.07) is 15.5. The van der Waals surface area contributed by atoms with Crippen molar-refractivity contribution >= 4 is 17.3 Å². The van der Waals surface area contributed by atoms with Crippen LogP contribution in [-0.4, -0.2) is 98.5 Å². The zero-order valence-electron chi connectivity index (χ0n) is 35.0. The molecule has 7 heterocycles. The van der Waals surface area contributed by atoms with Crippen molar-refractivity contribution in [3.05, 3.63) is 114 Å². The van der Waals surface area contributed by atoms with Crippen LogP contribution in [0.3, 0.4) is 0 Å². The summed E-state index contributed by atoms with van der Waals surface area (Å²) >= 11 is 0. The Kier molecular flexibility index (Phi) is 11.9. The van der Waals surface area contributed by atoms with Crippen LogP contribution in [0.25, 0.3) is 57.7 Å². The molecule has 0 amide bonds. The number of benzene rings is 1. The third kappa shape index (κ3) is 9.21. The van der Waals surface area contributed by atoms with Gasteiger partial charge in [0.2, 0.25) is 17.5 Å². The Morgan fingerprint density at radius 1 is 0.571 bits per heavy atom. The van der Waals surface area contributed by atoms with Crippen LogP contribution in [0.2, 0.25) is 0 Å². The van der Waals surface area contributed by atoms with Crippen molar-refractivity contribution in [3.63, 3.8) is 0 Å². The number of rotatable bonds is 14. The van der Waals surface area contributed by atoms with Crippen molar-refractivity contribution in [2.75, 3.05) is 5.32 Å². The van der Waals surface area contributed by atoms with Gasteiger partial charge in [-0.05, 0) is 73.3 Å². The second kappa shape index (κ2) is 18.1. The van der Waals surface area contributed by atoms with Gasteiger partial charge in [-0.15, -0.1) is 20.4 Å². The highest BCUT2D eigenvalue weighted by Gasteiger charge is 2.35. The average Bonchev–Trinajstić information content (AvgIpc) is 3.32. The van der Waals surface area contributed by atoms with Gasteiger partial charge in [0.15, 0.2) is 17.4 Å². The Morgan fingerprint density at radius 2 is 1.11 bits per heavy atom. The minimum absolute atomic E-state index is 0.0398. The Labute approximate surface area is 359 Å². The third-order valence-corrected chi connectivity index (χ3v) is 9.39. The van der Waals surface area contributed by atoms with Gasteiger partial charge in [0.1, 0.15) is 11.4 Å². The van der Waals surface area contributed by atoms with E-state index in [9.17, 15) is 9.59 Å². The molecule has 0 aliphatic carbocycles. The lowest BCUT2D eigenvalue weighted by Crippen LogP contribution is -2.74. The van der Waals surface area contributed by atoms with Crippen LogP contribution in [0.4, 0.5) is 5.69 Å². The molecule has 63 heavy (non-hydrogen) atoms. The molecule has 0 saturated heterocycles. The summed E-state index contributed by atoms with van der Waals surface area (Å²) in [5.41, 5.74) is 3.76. The molecule has 21 nitrogen and oxygen atoms in total. The van der Waals surface area contributed by atoms with E-state index in [0.717, 1.165) is 11.3 Å². The predicted molar refractivity (Wildman–Crippen MR) is 222 cm³/mol. The number of hydrogen-bond donors (Lipinski definition) is 1. The fraction of sp³-hybridized carbons (Fsp3) is 0.238. The Morgan fingerprint density at radius 3 is 1.65 bits per heavy atom. The Hall–Kier alpha value is -8.36. The lowest BCUT2D eigenvalue weighted by Gasteiger charge is -2.17. The molecule has 0 fully saturated rings. The molecule has 1 atom stereocenters. The van der Waals surface area contributed by atoms with Crippen molar-refractivity contribution in [3.8, 4) is 57.7 Å². The van der Waals surface area contributed by atoms with Crippen LogP contribution in [0.1, 0.15) is 66.7 Å². The largest absolute Gasteiger partial charge is 0.386 e. The van der Waals surface area contributed by atoms with Crippen LogP contribution < -0.4 is 14.9 Å². The van der Waals surface area contributed by atoms with Crippen molar-refractivity contribution in [2.24, 2.45) is 11.8 Å². The maximum Gasteiger partial charge on any atom is 0.386 e. The summed E-state index contributed by atoms with van der Waals surface area (Å²) in [4.78, 5) is 56.2. The van der Waals surface area contributed by atoms with Crippen LogP contribution >= 0.6 is 0 Å². The lowest BCUT2D eigenvalue weighted by molar-refractivity contribution is -1.33. The number of anilines is 1. The summed E-state index contributed by atoms with van der Waals surface area (Å²) in [5, 5.41) is 47.2. The number of aryl methyl sites for hydroxylation is 1. The van der Waals surface area contributed by atoms with Crippen molar-refractivity contribution < 1.29 is 19.2 Å². The van der Waals surface area contributed by atoms with Crippen LogP contribution in [0, 0.1) is 18.8 Å². The summed E-state index contributed by atoms with van der Waals surface area (Å²) < 4.78 is 0. The van der Waals surface area contributed by atoms with E-state index in [4.69, 9.17) is 15.2 Å². The van der Waals surface area contributed by atoms with Gasteiger partial charge in [-0.25, -0.2) is 29.9 Å². The first-order chi connectivity index (χ1) is 30.5. The van der Waals surface area contributed by atoms with Gasteiger partial charge in [-0.2, -0.15) is 0 Å². The number of carbonyl (C=O) groups is 2. The maximum atomic E-state index is 14.0. The van der Waals surface area contributed by atoms with Gasteiger partial charge in [-0.3, -0.25) is 9.59 Å². The number of nitrogens with zero attached hydrogens (tertiary/aromatic N) is 18. The van der Waals surface area contributed by atoms with Gasteiger partial charge in [0.25, 0.3) is 0 Å². The zero-order valence-corrected chi connectivity index (χ0v) is 35.0. The molecule has 21 heteroatoms. The highest BCUT2D eigenvalue weighted by Crippen LogP contribution is 2.26. The van der Waals surface area contributed by atoms with Gasteiger partial charge in [0.05, 0.1) is 31.7 Å². The van der Waals surface area contributed by atoms with Gasteiger partial charge >= 0.3 is 23.3 Å². The molecule has 1 aromatic carbocycles. The standard InChI is InChI=1S/C42H38N19O2/c1-23(2)34(62)29-13-14-31(47-21-29)41-56-54-39(37-43-15-7-16-44-37)58-60(41)61-42(57-55-40(59-61)38-45-17-8-18-46-38)32-20-30(33(22-48-32)49-24(3)4)19-25(5)35(63)27-9-11-28(12-10-27)36-52-50-26(6)51-53-36/h7-18,20-25H,19H2,1-6H3/q+1/p+1. The Balaban J connectivity index is 1.24. The quantitative estimate of drug-likeness (QED) is 0.122. The summed E-state index contributed by atoms with van der Waals surface area (Å²) in [5.74, 6) is 0.656. The first-order valence-corrected chi connectivity index (χ1v) is 19.9.